The Bertz CT molecular complexity index is 513. The van der Waals surface area contributed by atoms with Crippen molar-refractivity contribution in [2.75, 3.05) is 0 Å². The van der Waals surface area contributed by atoms with Crippen molar-refractivity contribution in [3.63, 3.8) is 0 Å². The minimum Gasteiger partial charge on any atom is -0.485 e. The fraction of sp³-hybridized carbons (Fsp3) is 0.250. The molecule has 0 aliphatic carbocycles. The van der Waals surface area contributed by atoms with E-state index in [0.29, 0.717) is 23.3 Å². The van der Waals surface area contributed by atoms with Gasteiger partial charge >= 0.3 is 0 Å². The molecule has 1 aromatic carbocycles. The zero-order valence-electron chi connectivity index (χ0n) is 9.24. The van der Waals surface area contributed by atoms with E-state index in [1.165, 1.54) is 0 Å². The van der Waals surface area contributed by atoms with Crippen LogP contribution in [0, 0.1) is 6.92 Å². The fourth-order valence-corrected chi connectivity index (χ4v) is 2.46. The summed E-state index contributed by atoms with van der Waals surface area (Å²) in [5, 5.41) is 3.52. The Morgan fingerprint density at radius 2 is 2.24 bits per heavy atom. The molecule has 0 fully saturated rings. The van der Waals surface area contributed by atoms with Crippen LogP contribution in [0.1, 0.15) is 16.3 Å². The van der Waals surface area contributed by atoms with E-state index in [9.17, 15) is 0 Å². The molecule has 0 amide bonds. The molecule has 0 aliphatic heterocycles. The number of aromatic nitrogens is 1. The van der Waals surface area contributed by atoms with Crippen LogP contribution in [0.2, 0.25) is 5.02 Å². The first kappa shape index (κ1) is 12.7. The van der Waals surface area contributed by atoms with Gasteiger partial charge < -0.3 is 4.74 Å². The lowest BCUT2D eigenvalue weighted by atomic mass is 10.2. The Labute approximate surface area is 114 Å². The highest BCUT2D eigenvalue weighted by Crippen LogP contribution is 2.27. The quantitative estimate of drug-likeness (QED) is 0.777. The van der Waals surface area contributed by atoms with E-state index in [0.717, 1.165) is 16.3 Å². The summed E-state index contributed by atoms with van der Waals surface area (Å²) in [6.07, 6.45) is 0. The largest absolute Gasteiger partial charge is 0.485 e. The molecular weight excluding hydrogens is 277 g/mol. The number of nitrogens with zero attached hydrogens (tertiary/aromatic N) is 1. The van der Waals surface area contributed by atoms with E-state index >= 15 is 0 Å². The summed E-state index contributed by atoms with van der Waals surface area (Å²) in [5.74, 6) is 1.11. The van der Waals surface area contributed by atoms with Gasteiger partial charge in [-0.15, -0.1) is 22.9 Å². The average molecular weight is 288 g/mol. The molecule has 0 aliphatic rings. The molecule has 0 saturated carbocycles. The maximum absolute atomic E-state index is 6.08. The molecule has 0 saturated heterocycles. The minimum atomic E-state index is 0.443. The summed E-state index contributed by atoms with van der Waals surface area (Å²) in [7, 11) is 0. The number of thiazole rings is 1. The van der Waals surface area contributed by atoms with Gasteiger partial charge in [0.15, 0.2) is 0 Å². The third kappa shape index (κ3) is 3.35. The lowest BCUT2D eigenvalue weighted by molar-refractivity contribution is 0.305. The van der Waals surface area contributed by atoms with E-state index in [-0.39, 0.29) is 0 Å². The maximum atomic E-state index is 6.08. The molecule has 0 spiro atoms. The third-order valence-corrected chi connectivity index (χ3v) is 3.71. The number of hydrogen-bond donors (Lipinski definition) is 0. The molecular formula is C12H11Cl2NOS. The van der Waals surface area contributed by atoms with Crippen LogP contribution in [-0.4, -0.2) is 4.98 Å². The lowest BCUT2D eigenvalue weighted by Crippen LogP contribution is -1.95. The molecule has 90 valence electrons. The highest BCUT2D eigenvalue weighted by molar-refractivity contribution is 7.09. The summed E-state index contributed by atoms with van der Waals surface area (Å²) in [6, 6.07) is 5.55. The molecule has 0 N–H and O–H groups in total. The molecule has 2 aromatic rings. The van der Waals surface area contributed by atoms with E-state index < -0.39 is 0 Å². The van der Waals surface area contributed by atoms with Gasteiger partial charge in [0.1, 0.15) is 17.4 Å². The van der Waals surface area contributed by atoms with Crippen LogP contribution in [0.15, 0.2) is 23.6 Å². The summed E-state index contributed by atoms with van der Waals surface area (Å²) in [4.78, 5) is 4.32. The minimum absolute atomic E-state index is 0.443. The predicted molar refractivity (Wildman–Crippen MR) is 72.2 cm³/mol. The Morgan fingerprint density at radius 3 is 2.82 bits per heavy atom. The van der Waals surface area contributed by atoms with E-state index in [2.05, 4.69) is 4.98 Å². The first-order valence-electron chi connectivity index (χ1n) is 5.07. The number of ether oxygens (including phenoxy) is 1. The van der Waals surface area contributed by atoms with Crippen molar-refractivity contribution in [3.05, 3.63) is 44.9 Å². The number of aryl methyl sites for hydroxylation is 1. The fourth-order valence-electron chi connectivity index (χ4n) is 1.35. The van der Waals surface area contributed by atoms with Gasteiger partial charge in [0.05, 0.1) is 5.02 Å². The standard InChI is InChI=1S/C12H11Cl2NOS/c1-8-7-17-12(15-8)6-16-11-3-2-9(5-13)4-10(11)14/h2-4,7H,5-6H2,1H3. The smallest absolute Gasteiger partial charge is 0.140 e. The van der Waals surface area contributed by atoms with E-state index in [1.807, 2.05) is 30.5 Å². The molecule has 0 radical (unpaired) electrons. The number of hydrogen-bond acceptors (Lipinski definition) is 3. The molecule has 17 heavy (non-hydrogen) atoms. The maximum Gasteiger partial charge on any atom is 0.140 e. The molecule has 2 nitrogen and oxygen atoms in total. The van der Waals surface area contributed by atoms with Crippen molar-refractivity contribution in [2.45, 2.75) is 19.4 Å². The van der Waals surface area contributed by atoms with Gasteiger partial charge in [-0.2, -0.15) is 0 Å². The monoisotopic (exact) mass is 287 g/mol. The molecule has 1 aromatic heterocycles. The molecule has 1 heterocycles. The van der Waals surface area contributed by atoms with E-state index in [4.69, 9.17) is 27.9 Å². The molecule has 0 bridgehead atoms. The summed E-state index contributed by atoms with van der Waals surface area (Å²) in [6.45, 7) is 2.40. The molecule has 0 unspecified atom stereocenters. The second-order valence-corrected chi connectivity index (χ2v) is 5.19. The Balaban J connectivity index is 2.04. The number of halogens is 2. The first-order chi connectivity index (χ1) is 8.19. The zero-order chi connectivity index (χ0) is 12.3. The van der Waals surface area contributed by atoms with Gasteiger partial charge in [0, 0.05) is 17.0 Å². The summed E-state index contributed by atoms with van der Waals surface area (Å²) >= 11 is 13.4. The van der Waals surface area contributed by atoms with Gasteiger partial charge in [0.2, 0.25) is 0 Å². The molecule has 0 atom stereocenters. The second kappa shape index (κ2) is 5.71. The molecule has 5 heteroatoms. The summed E-state index contributed by atoms with van der Waals surface area (Å²) < 4.78 is 5.61. The Hall–Kier alpha value is -0.770. The second-order valence-electron chi connectivity index (χ2n) is 3.57. The SMILES string of the molecule is Cc1csc(COc2ccc(CCl)cc2Cl)n1. The Kier molecular flexibility index (Phi) is 4.26. The van der Waals surface area contributed by atoms with Crippen LogP contribution >= 0.6 is 34.5 Å². The van der Waals surface area contributed by atoms with Crippen LogP contribution in [0.25, 0.3) is 0 Å². The molecule has 2 rings (SSSR count). The average Bonchev–Trinajstić information content (AvgIpc) is 2.73. The van der Waals surface area contributed by atoms with Crippen molar-refractivity contribution in [1.82, 2.24) is 4.98 Å². The number of alkyl halides is 1. The lowest BCUT2D eigenvalue weighted by Gasteiger charge is -2.07. The van der Waals surface area contributed by atoms with Crippen LogP contribution in [0.5, 0.6) is 5.75 Å². The van der Waals surface area contributed by atoms with Gasteiger partial charge in [-0.1, -0.05) is 17.7 Å². The number of rotatable bonds is 4. The normalized spacial score (nSPS) is 10.5. The number of benzene rings is 1. The van der Waals surface area contributed by atoms with Crippen LogP contribution in [0.4, 0.5) is 0 Å². The zero-order valence-corrected chi connectivity index (χ0v) is 11.6. The first-order valence-corrected chi connectivity index (χ1v) is 6.86. The highest BCUT2D eigenvalue weighted by Gasteiger charge is 2.05. The topological polar surface area (TPSA) is 22.1 Å². The van der Waals surface area contributed by atoms with Crippen molar-refractivity contribution in [1.29, 1.82) is 0 Å². The van der Waals surface area contributed by atoms with Gasteiger partial charge in [-0.25, -0.2) is 4.98 Å². The van der Waals surface area contributed by atoms with Crippen molar-refractivity contribution >= 4 is 34.5 Å². The van der Waals surface area contributed by atoms with Gasteiger partial charge in [0.25, 0.3) is 0 Å². The third-order valence-electron chi connectivity index (χ3n) is 2.17. The highest BCUT2D eigenvalue weighted by atomic mass is 35.5. The van der Waals surface area contributed by atoms with Crippen molar-refractivity contribution in [3.8, 4) is 5.75 Å². The van der Waals surface area contributed by atoms with Crippen molar-refractivity contribution in [2.24, 2.45) is 0 Å². The summed E-state index contributed by atoms with van der Waals surface area (Å²) in [5.41, 5.74) is 1.99. The van der Waals surface area contributed by atoms with Crippen LogP contribution in [-0.2, 0) is 12.5 Å². The van der Waals surface area contributed by atoms with Crippen LogP contribution in [0.3, 0.4) is 0 Å². The van der Waals surface area contributed by atoms with Gasteiger partial charge in [-0.05, 0) is 24.6 Å². The predicted octanol–water partition coefficient (Wildman–Crippen LogP) is 4.42. The van der Waals surface area contributed by atoms with Gasteiger partial charge in [-0.3, -0.25) is 0 Å². The van der Waals surface area contributed by atoms with Crippen molar-refractivity contribution < 1.29 is 4.74 Å². The van der Waals surface area contributed by atoms with Crippen LogP contribution < -0.4 is 4.74 Å². The van der Waals surface area contributed by atoms with E-state index in [1.54, 1.807) is 11.3 Å². The Morgan fingerprint density at radius 1 is 1.41 bits per heavy atom.